The number of benzene rings is 1. The summed E-state index contributed by atoms with van der Waals surface area (Å²) in [5.74, 6) is 1.19. The topological polar surface area (TPSA) is 90.3 Å². The van der Waals surface area contributed by atoms with E-state index in [2.05, 4.69) is 31.9 Å². The smallest absolute Gasteiger partial charge is 0.273 e. The van der Waals surface area contributed by atoms with Crippen molar-refractivity contribution in [3.63, 3.8) is 0 Å². The number of aliphatic imine (C=N–C) groups is 2. The van der Waals surface area contributed by atoms with Gasteiger partial charge in [0, 0.05) is 43.3 Å². The number of allylic oxidation sites excluding steroid dienone is 1. The summed E-state index contributed by atoms with van der Waals surface area (Å²) >= 11 is 2.93. The maximum absolute atomic E-state index is 13.5. The minimum absolute atomic E-state index is 0.343. The third kappa shape index (κ3) is 7.83. The molecule has 1 aliphatic heterocycles. The number of nitrogens with zero attached hydrogens (tertiary/aromatic N) is 5. The zero-order chi connectivity index (χ0) is 30.0. The number of thiazole rings is 1. The second kappa shape index (κ2) is 15.4. The van der Waals surface area contributed by atoms with E-state index in [-0.39, 0.29) is 0 Å². The van der Waals surface area contributed by atoms with Gasteiger partial charge >= 0.3 is 0 Å². The summed E-state index contributed by atoms with van der Waals surface area (Å²) in [6.07, 6.45) is 13.5. The van der Waals surface area contributed by atoms with Crippen LogP contribution < -0.4 is 9.62 Å². The molecule has 1 N–H and O–H groups in total. The molecule has 2 aromatic heterocycles. The number of aromatic nitrogens is 1. The van der Waals surface area contributed by atoms with Crippen molar-refractivity contribution in [2.45, 2.75) is 43.7 Å². The first-order chi connectivity index (χ1) is 20.4. The van der Waals surface area contributed by atoms with Gasteiger partial charge in [0.05, 0.1) is 11.4 Å². The standard InChI is InChI=1S/C31H40N6O2S3/c1-5-17-34-31(33-4)25-16-20-36(23-25)19-8-11-26-22-35-28(41-26)15-14-24-10-7-12-27(30(24)32-3)37(18-6-2)42(38,39)29-13-9-21-40-29/h5,7,9-10,12-15,17,21-22,25,32H,4,6,8,11,16,18-20,23H2,1-3H3/b15-14+,17-5-,34-31?. The van der Waals surface area contributed by atoms with E-state index in [0.717, 1.165) is 61.0 Å². The number of para-hydroxylation sites is 1. The number of hydrogen-bond acceptors (Lipinski definition) is 8. The summed E-state index contributed by atoms with van der Waals surface area (Å²) in [7, 11) is -1.83. The highest BCUT2D eigenvalue weighted by atomic mass is 32.2. The number of hydrogen-bond donors (Lipinski definition) is 1. The van der Waals surface area contributed by atoms with Crippen LogP contribution in [0.1, 0.15) is 48.6 Å². The van der Waals surface area contributed by atoms with Crippen LogP contribution >= 0.6 is 22.7 Å². The highest BCUT2D eigenvalue weighted by Crippen LogP contribution is 2.35. The van der Waals surface area contributed by atoms with Gasteiger partial charge in [-0.15, -0.1) is 22.7 Å². The van der Waals surface area contributed by atoms with E-state index in [1.54, 1.807) is 35.0 Å². The van der Waals surface area contributed by atoms with E-state index in [4.69, 9.17) is 0 Å². The number of anilines is 2. The molecule has 1 aromatic carbocycles. The van der Waals surface area contributed by atoms with Gasteiger partial charge < -0.3 is 10.2 Å². The van der Waals surface area contributed by atoms with Crippen LogP contribution in [0, 0.1) is 5.92 Å². The lowest BCUT2D eigenvalue weighted by Crippen LogP contribution is -2.32. The Morgan fingerprint density at radius 3 is 2.86 bits per heavy atom. The van der Waals surface area contributed by atoms with E-state index in [1.165, 1.54) is 20.5 Å². The summed E-state index contributed by atoms with van der Waals surface area (Å²) in [5.41, 5.74) is 2.32. The highest BCUT2D eigenvalue weighted by molar-refractivity contribution is 7.94. The van der Waals surface area contributed by atoms with Gasteiger partial charge in [-0.05, 0) is 87.6 Å². The second-order valence-electron chi connectivity index (χ2n) is 10.0. The summed E-state index contributed by atoms with van der Waals surface area (Å²) in [6, 6.07) is 9.17. The van der Waals surface area contributed by atoms with Gasteiger partial charge in [0.15, 0.2) is 0 Å². The predicted molar refractivity (Wildman–Crippen MR) is 181 cm³/mol. The first-order valence-electron chi connectivity index (χ1n) is 14.3. The van der Waals surface area contributed by atoms with Crippen molar-refractivity contribution >= 4 is 68.8 Å². The first kappa shape index (κ1) is 31.8. The average Bonchev–Trinajstić information content (AvgIpc) is 3.78. The predicted octanol–water partition coefficient (Wildman–Crippen LogP) is 6.91. The largest absolute Gasteiger partial charge is 0.386 e. The molecule has 3 aromatic rings. The monoisotopic (exact) mass is 624 g/mol. The van der Waals surface area contributed by atoms with E-state index < -0.39 is 10.0 Å². The molecule has 0 spiro atoms. The van der Waals surface area contributed by atoms with E-state index in [9.17, 15) is 8.42 Å². The molecule has 0 radical (unpaired) electrons. The summed E-state index contributed by atoms with van der Waals surface area (Å²) in [5, 5.41) is 5.96. The minimum atomic E-state index is -3.66. The molecule has 1 unspecified atom stereocenters. The fraction of sp³-hybridized carbons (Fsp3) is 0.387. The second-order valence-corrected chi connectivity index (χ2v) is 14.2. The molecule has 1 fully saturated rings. The number of amidine groups is 1. The molecule has 0 bridgehead atoms. The molecule has 0 amide bonds. The van der Waals surface area contributed by atoms with Gasteiger partial charge in [-0.25, -0.2) is 23.4 Å². The molecule has 0 saturated carbocycles. The number of likely N-dealkylation sites (tertiary alicyclic amines) is 1. The van der Waals surface area contributed by atoms with Crippen molar-refractivity contribution < 1.29 is 8.42 Å². The van der Waals surface area contributed by atoms with E-state index in [0.29, 0.717) is 28.8 Å². The van der Waals surface area contributed by atoms with Crippen LogP contribution in [0.15, 0.2) is 68.4 Å². The summed E-state index contributed by atoms with van der Waals surface area (Å²) < 4.78 is 28.8. The lowest BCUT2D eigenvalue weighted by molar-refractivity contribution is 0.329. The number of nitrogens with one attached hydrogen (secondary N) is 1. The average molecular weight is 625 g/mol. The maximum atomic E-state index is 13.5. The van der Waals surface area contributed by atoms with Crippen molar-refractivity contribution in [3.8, 4) is 0 Å². The van der Waals surface area contributed by atoms with Gasteiger partial charge in [0.25, 0.3) is 10.0 Å². The zero-order valence-electron chi connectivity index (χ0n) is 24.6. The molecule has 1 saturated heterocycles. The first-order valence-corrected chi connectivity index (χ1v) is 17.4. The molecule has 4 rings (SSSR count). The van der Waals surface area contributed by atoms with Gasteiger partial charge in [0.1, 0.15) is 15.1 Å². The number of thiophene rings is 1. The number of aryl methyl sites for hydroxylation is 1. The molecule has 11 heteroatoms. The van der Waals surface area contributed by atoms with Crippen LogP contribution in [-0.4, -0.2) is 64.1 Å². The van der Waals surface area contributed by atoms with Crippen molar-refractivity contribution in [2.24, 2.45) is 15.9 Å². The van der Waals surface area contributed by atoms with Crippen LogP contribution in [0.4, 0.5) is 11.4 Å². The van der Waals surface area contributed by atoms with Crippen LogP contribution in [0.2, 0.25) is 0 Å². The third-order valence-corrected chi connectivity index (χ3v) is 11.3. The molecule has 42 heavy (non-hydrogen) atoms. The molecule has 3 heterocycles. The Labute approximate surface area is 258 Å². The van der Waals surface area contributed by atoms with E-state index in [1.807, 2.05) is 63.5 Å². The lowest BCUT2D eigenvalue weighted by Gasteiger charge is -2.26. The van der Waals surface area contributed by atoms with E-state index >= 15 is 0 Å². The van der Waals surface area contributed by atoms with Gasteiger partial charge in [-0.3, -0.25) is 4.31 Å². The zero-order valence-corrected chi connectivity index (χ0v) is 27.0. The van der Waals surface area contributed by atoms with Crippen LogP contribution in [-0.2, 0) is 16.4 Å². The molecule has 0 aliphatic carbocycles. The quantitative estimate of drug-likeness (QED) is 0.156. The number of sulfonamides is 1. The van der Waals surface area contributed by atoms with Crippen LogP contribution in [0.5, 0.6) is 0 Å². The van der Waals surface area contributed by atoms with Crippen molar-refractivity contribution in [1.82, 2.24) is 9.88 Å². The Bertz CT molecular complexity index is 1510. The minimum Gasteiger partial charge on any atom is -0.386 e. The fourth-order valence-corrected chi connectivity index (χ4v) is 8.63. The Kier molecular flexibility index (Phi) is 11.6. The molecule has 1 aliphatic rings. The molecular weight excluding hydrogens is 585 g/mol. The van der Waals surface area contributed by atoms with Crippen LogP contribution in [0.3, 0.4) is 0 Å². The van der Waals surface area contributed by atoms with Crippen molar-refractivity contribution in [3.05, 3.63) is 69.6 Å². The van der Waals surface area contributed by atoms with Crippen molar-refractivity contribution in [1.29, 1.82) is 0 Å². The lowest BCUT2D eigenvalue weighted by atomic mass is 10.1. The molecular formula is C31H40N6O2S3. The Hall–Kier alpha value is -3.12. The highest BCUT2D eigenvalue weighted by Gasteiger charge is 2.28. The molecule has 224 valence electrons. The van der Waals surface area contributed by atoms with Gasteiger partial charge in [-0.2, -0.15) is 0 Å². The Balaban J connectivity index is 1.39. The normalized spacial score (nSPS) is 16.5. The summed E-state index contributed by atoms with van der Waals surface area (Å²) in [4.78, 5) is 16.9. The van der Waals surface area contributed by atoms with Crippen LogP contribution in [0.25, 0.3) is 12.2 Å². The Morgan fingerprint density at radius 2 is 2.14 bits per heavy atom. The van der Waals surface area contributed by atoms with Gasteiger partial charge in [-0.1, -0.05) is 31.2 Å². The van der Waals surface area contributed by atoms with Gasteiger partial charge in [0.2, 0.25) is 0 Å². The molecule has 8 nitrogen and oxygen atoms in total. The Morgan fingerprint density at radius 1 is 1.29 bits per heavy atom. The SMILES string of the molecule is C=NC(=N/C=C\C)C1CCN(CCCc2cnc(/C=C/c3cccc(N(CCC)S(=O)(=O)c4cccs4)c3NC)s2)C1. The third-order valence-electron chi connectivity index (χ3n) is 7.09. The van der Waals surface area contributed by atoms with Crippen molar-refractivity contribution in [2.75, 3.05) is 42.8 Å². The number of rotatable bonds is 14. The summed E-state index contributed by atoms with van der Waals surface area (Å²) in [6.45, 7) is 11.1. The fourth-order valence-electron chi connectivity index (χ4n) is 5.09. The molecule has 1 atom stereocenters. The maximum Gasteiger partial charge on any atom is 0.273 e.